The van der Waals surface area contributed by atoms with Gasteiger partial charge in [0.1, 0.15) is 0 Å². The molecule has 2 aliphatic rings. The van der Waals surface area contributed by atoms with E-state index in [1.807, 2.05) is 12.1 Å². The van der Waals surface area contributed by atoms with Crippen LogP contribution in [-0.4, -0.2) is 67.2 Å². The van der Waals surface area contributed by atoms with Gasteiger partial charge in [0, 0.05) is 25.3 Å². The molecule has 1 amide bonds. The first-order valence-corrected chi connectivity index (χ1v) is 10.9. The standard InChI is InChI=1S/C23H37N3O2/c1-17(2)21-5-7-22(8-6-21)24-23(27)16-25-11-9-20(10-12-25)15-26-13-18(3)28-19(4)14-26/h5-8,17-20H,9-16H2,1-4H3,(H,24,27). The second-order valence-corrected chi connectivity index (χ2v) is 9.02. The molecule has 0 bridgehead atoms. The number of nitrogens with one attached hydrogen (secondary N) is 1. The zero-order valence-corrected chi connectivity index (χ0v) is 18.0. The lowest BCUT2D eigenvalue weighted by atomic mass is 9.95. The van der Waals surface area contributed by atoms with Gasteiger partial charge in [0.2, 0.25) is 5.91 Å². The van der Waals surface area contributed by atoms with Gasteiger partial charge in [-0.25, -0.2) is 0 Å². The van der Waals surface area contributed by atoms with Crippen LogP contribution in [0.3, 0.4) is 0 Å². The third kappa shape index (κ3) is 6.29. The highest BCUT2D eigenvalue weighted by atomic mass is 16.5. The van der Waals surface area contributed by atoms with E-state index in [1.165, 1.54) is 24.9 Å². The summed E-state index contributed by atoms with van der Waals surface area (Å²) >= 11 is 0. The Hall–Kier alpha value is -1.43. The molecule has 156 valence electrons. The van der Waals surface area contributed by atoms with E-state index >= 15 is 0 Å². The fourth-order valence-electron chi connectivity index (χ4n) is 4.48. The van der Waals surface area contributed by atoms with E-state index in [4.69, 9.17) is 4.74 Å². The van der Waals surface area contributed by atoms with Gasteiger partial charge in [0.05, 0.1) is 18.8 Å². The van der Waals surface area contributed by atoms with Gasteiger partial charge >= 0.3 is 0 Å². The first-order valence-electron chi connectivity index (χ1n) is 10.9. The Bertz CT molecular complexity index is 613. The average molecular weight is 388 g/mol. The number of hydrogen-bond acceptors (Lipinski definition) is 4. The first-order chi connectivity index (χ1) is 13.4. The predicted octanol–water partition coefficient (Wildman–Crippen LogP) is 3.57. The van der Waals surface area contributed by atoms with E-state index in [2.05, 4.69) is 54.9 Å². The quantitative estimate of drug-likeness (QED) is 0.810. The molecule has 1 N–H and O–H groups in total. The van der Waals surface area contributed by atoms with E-state index in [0.717, 1.165) is 37.8 Å². The number of benzene rings is 1. The van der Waals surface area contributed by atoms with Crippen LogP contribution < -0.4 is 5.32 Å². The van der Waals surface area contributed by atoms with Gasteiger partial charge in [-0.15, -0.1) is 0 Å². The molecule has 1 aromatic carbocycles. The molecule has 0 saturated carbocycles. The van der Waals surface area contributed by atoms with Crippen molar-refractivity contribution < 1.29 is 9.53 Å². The van der Waals surface area contributed by atoms with Crippen LogP contribution >= 0.6 is 0 Å². The Morgan fingerprint density at radius 2 is 1.68 bits per heavy atom. The first kappa shape index (κ1) is 21.3. The van der Waals surface area contributed by atoms with Crippen LogP contribution in [0.25, 0.3) is 0 Å². The van der Waals surface area contributed by atoms with Crippen LogP contribution in [-0.2, 0) is 9.53 Å². The Morgan fingerprint density at radius 3 is 2.25 bits per heavy atom. The number of nitrogens with zero attached hydrogens (tertiary/aromatic N) is 2. The van der Waals surface area contributed by atoms with E-state index in [9.17, 15) is 4.79 Å². The Labute approximate surface area is 170 Å². The number of hydrogen-bond donors (Lipinski definition) is 1. The number of piperidine rings is 1. The van der Waals surface area contributed by atoms with E-state index in [-0.39, 0.29) is 5.91 Å². The van der Waals surface area contributed by atoms with Crippen molar-refractivity contribution in [3.05, 3.63) is 29.8 Å². The van der Waals surface area contributed by atoms with Crippen molar-refractivity contribution in [2.45, 2.75) is 58.7 Å². The molecule has 2 unspecified atom stereocenters. The minimum atomic E-state index is 0.0894. The minimum Gasteiger partial charge on any atom is -0.373 e. The second-order valence-electron chi connectivity index (χ2n) is 9.02. The van der Waals surface area contributed by atoms with Crippen molar-refractivity contribution in [3.8, 4) is 0 Å². The SMILES string of the molecule is CC1CN(CC2CCN(CC(=O)Nc3ccc(C(C)C)cc3)CC2)CC(C)O1. The summed E-state index contributed by atoms with van der Waals surface area (Å²) < 4.78 is 5.84. The predicted molar refractivity (Wildman–Crippen MR) is 115 cm³/mol. The highest BCUT2D eigenvalue weighted by Crippen LogP contribution is 2.21. The van der Waals surface area contributed by atoms with Crippen LogP contribution in [0.2, 0.25) is 0 Å². The number of anilines is 1. The normalized spacial score (nSPS) is 25.2. The zero-order valence-electron chi connectivity index (χ0n) is 18.0. The highest BCUT2D eigenvalue weighted by Gasteiger charge is 2.27. The summed E-state index contributed by atoms with van der Waals surface area (Å²) in [5.74, 6) is 1.34. The van der Waals surface area contributed by atoms with Gasteiger partial charge < -0.3 is 10.1 Å². The molecule has 2 fully saturated rings. The number of amides is 1. The van der Waals surface area contributed by atoms with Gasteiger partial charge in [-0.05, 0) is 69.3 Å². The van der Waals surface area contributed by atoms with Gasteiger partial charge in [-0.1, -0.05) is 26.0 Å². The lowest BCUT2D eigenvalue weighted by Crippen LogP contribution is -2.48. The molecular weight excluding hydrogens is 350 g/mol. The fraction of sp³-hybridized carbons (Fsp3) is 0.696. The maximum Gasteiger partial charge on any atom is 0.238 e. The van der Waals surface area contributed by atoms with Crippen LogP contribution in [0.4, 0.5) is 5.69 Å². The van der Waals surface area contributed by atoms with Crippen LogP contribution in [0, 0.1) is 5.92 Å². The van der Waals surface area contributed by atoms with Gasteiger partial charge in [0.15, 0.2) is 0 Å². The lowest BCUT2D eigenvalue weighted by Gasteiger charge is -2.39. The summed E-state index contributed by atoms with van der Waals surface area (Å²) in [4.78, 5) is 17.2. The maximum atomic E-state index is 12.4. The molecule has 1 aromatic rings. The molecular formula is C23H37N3O2. The van der Waals surface area contributed by atoms with Crippen molar-refractivity contribution in [2.24, 2.45) is 5.92 Å². The number of rotatable bonds is 6. The maximum absolute atomic E-state index is 12.4. The summed E-state index contributed by atoms with van der Waals surface area (Å²) in [6, 6.07) is 8.20. The largest absolute Gasteiger partial charge is 0.373 e. The number of carbonyl (C=O) groups excluding carboxylic acids is 1. The molecule has 2 aliphatic heterocycles. The lowest BCUT2D eigenvalue weighted by molar-refractivity contribution is -0.117. The Balaban J connectivity index is 1.38. The molecule has 28 heavy (non-hydrogen) atoms. The molecule has 2 saturated heterocycles. The van der Waals surface area contributed by atoms with Gasteiger partial charge in [0.25, 0.3) is 0 Å². The molecule has 0 aromatic heterocycles. The molecule has 0 aliphatic carbocycles. The molecule has 3 rings (SSSR count). The van der Waals surface area contributed by atoms with Crippen molar-refractivity contribution in [1.29, 1.82) is 0 Å². The van der Waals surface area contributed by atoms with Crippen molar-refractivity contribution in [2.75, 3.05) is 44.6 Å². The van der Waals surface area contributed by atoms with E-state index in [1.54, 1.807) is 0 Å². The zero-order chi connectivity index (χ0) is 20.1. The minimum absolute atomic E-state index is 0.0894. The van der Waals surface area contributed by atoms with Crippen molar-refractivity contribution in [1.82, 2.24) is 9.80 Å². The highest BCUT2D eigenvalue weighted by molar-refractivity contribution is 5.92. The van der Waals surface area contributed by atoms with Crippen LogP contribution in [0.1, 0.15) is 52.0 Å². The monoisotopic (exact) mass is 387 g/mol. The molecule has 5 heteroatoms. The molecule has 0 radical (unpaired) electrons. The summed E-state index contributed by atoms with van der Waals surface area (Å²) in [6.07, 6.45) is 3.02. The molecule has 0 spiro atoms. The average Bonchev–Trinajstić information content (AvgIpc) is 2.63. The second kappa shape index (κ2) is 9.86. The molecule has 5 nitrogen and oxygen atoms in total. The summed E-state index contributed by atoms with van der Waals surface area (Å²) in [6.45, 7) is 14.5. The summed E-state index contributed by atoms with van der Waals surface area (Å²) in [5, 5.41) is 3.04. The Morgan fingerprint density at radius 1 is 1.07 bits per heavy atom. The number of carbonyl (C=O) groups is 1. The fourth-order valence-corrected chi connectivity index (χ4v) is 4.48. The van der Waals surface area contributed by atoms with Crippen LogP contribution in [0.15, 0.2) is 24.3 Å². The Kier molecular flexibility index (Phi) is 7.49. The summed E-state index contributed by atoms with van der Waals surface area (Å²) in [5.41, 5.74) is 2.18. The number of morpholine rings is 1. The molecule has 2 heterocycles. The smallest absolute Gasteiger partial charge is 0.238 e. The van der Waals surface area contributed by atoms with Gasteiger partial charge in [-0.3, -0.25) is 14.6 Å². The number of likely N-dealkylation sites (tertiary alicyclic amines) is 1. The van der Waals surface area contributed by atoms with E-state index < -0.39 is 0 Å². The van der Waals surface area contributed by atoms with Crippen LogP contribution in [0.5, 0.6) is 0 Å². The van der Waals surface area contributed by atoms with Gasteiger partial charge in [-0.2, -0.15) is 0 Å². The topological polar surface area (TPSA) is 44.8 Å². The third-order valence-electron chi connectivity index (χ3n) is 5.95. The van der Waals surface area contributed by atoms with Crippen molar-refractivity contribution in [3.63, 3.8) is 0 Å². The molecule has 2 atom stereocenters. The van der Waals surface area contributed by atoms with Crippen molar-refractivity contribution >= 4 is 11.6 Å². The number of ether oxygens (including phenoxy) is 1. The van der Waals surface area contributed by atoms with E-state index in [0.29, 0.717) is 24.7 Å². The summed E-state index contributed by atoms with van der Waals surface area (Å²) in [7, 11) is 0. The third-order valence-corrected chi connectivity index (χ3v) is 5.95.